The standard InChI is InChI=1S/C28H23ClN4O4S/c1-36-22-6-3-19(4-7-22)17-33(27-12-13-30-18-32-27)38(34,35)23-8-9-24-20(15-23)11-14-31-28(24)25-16-21(29)5-10-26(25)37-2/h3-16,18H,17H2,1-2H3. The first kappa shape index (κ1) is 25.4. The summed E-state index contributed by atoms with van der Waals surface area (Å²) in [5.74, 6) is 1.55. The minimum atomic E-state index is -4.01. The van der Waals surface area contributed by atoms with Crippen LogP contribution in [-0.2, 0) is 16.6 Å². The van der Waals surface area contributed by atoms with Gasteiger partial charge in [-0.25, -0.2) is 22.7 Å². The maximum atomic E-state index is 14.0. The maximum absolute atomic E-state index is 14.0. The van der Waals surface area contributed by atoms with Gasteiger partial charge in [0.15, 0.2) is 0 Å². The number of benzene rings is 3. The van der Waals surface area contributed by atoms with Crippen molar-refractivity contribution < 1.29 is 17.9 Å². The Hall–Kier alpha value is -4.21. The second-order valence-corrected chi connectivity index (χ2v) is 10.6. The fourth-order valence-corrected chi connectivity index (χ4v) is 5.76. The van der Waals surface area contributed by atoms with Crippen LogP contribution in [0.15, 0.2) is 96.4 Å². The molecule has 5 rings (SSSR count). The third-order valence-corrected chi connectivity index (χ3v) is 8.03. The molecule has 0 unspecified atom stereocenters. The van der Waals surface area contributed by atoms with Gasteiger partial charge in [-0.2, -0.15) is 0 Å². The summed E-state index contributed by atoms with van der Waals surface area (Å²) in [7, 11) is -0.855. The van der Waals surface area contributed by atoms with Crippen molar-refractivity contribution in [2.24, 2.45) is 0 Å². The molecule has 0 aliphatic heterocycles. The van der Waals surface area contributed by atoms with E-state index < -0.39 is 10.0 Å². The lowest BCUT2D eigenvalue weighted by molar-refractivity contribution is 0.414. The summed E-state index contributed by atoms with van der Waals surface area (Å²) in [6, 6.07) is 20.8. The molecule has 0 N–H and O–H groups in total. The lowest BCUT2D eigenvalue weighted by Crippen LogP contribution is -2.31. The zero-order chi connectivity index (χ0) is 26.7. The molecular formula is C28H23ClN4O4S. The highest BCUT2D eigenvalue weighted by Gasteiger charge is 2.27. The van der Waals surface area contributed by atoms with Gasteiger partial charge in [0.1, 0.15) is 23.6 Å². The van der Waals surface area contributed by atoms with E-state index in [1.54, 1.807) is 81.1 Å². The van der Waals surface area contributed by atoms with Crippen LogP contribution >= 0.6 is 11.6 Å². The van der Waals surface area contributed by atoms with Gasteiger partial charge >= 0.3 is 0 Å². The van der Waals surface area contributed by atoms with Gasteiger partial charge in [-0.3, -0.25) is 4.98 Å². The molecule has 192 valence electrons. The maximum Gasteiger partial charge on any atom is 0.265 e. The number of sulfonamides is 1. The zero-order valence-electron chi connectivity index (χ0n) is 20.6. The van der Waals surface area contributed by atoms with Crippen LogP contribution < -0.4 is 13.8 Å². The van der Waals surface area contributed by atoms with Gasteiger partial charge in [0.05, 0.1) is 31.4 Å². The van der Waals surface area contributed by atoms with E-state index in [4.69, 9.17) is 21.1 Å². The Morgan fingerprint density at radius 1 is 0.868 bits per heavy atom. The van der Waals surface area contributed by atoms with Crippen molar-refractivity contribution in [3.8, 4) is 22.8 Å². The number of ether oxygens (including phenoxy) is 2. The third kappa shape index (κ3) is 4.98. The SMILES string of the molecule is COc1ccc(CN(c2ccncn2)S(=O)(=O)c2ccc3c(-c4cc(Cl)ccc4OC)nccc3c2)cc1. The van der Waals surface area contributed by atoms with Crippen LogP contribution in [0.5, 0.6) is 11.5 Å². The fraction of sp³-hybridized carbons (Fsp3) is 0.107. The Morgan fingerprint density at radius 3 is 2.39 bits per heavy atom. The minimum Gasteiger partial charge on any atom is -0.497 e. The summed E-state index contributed by atoms with van der Waals surface area (Å²) in [4.78, 5) is 12.8. The van der Waals surface area contributed by atoms with Crippen LogP contribution in [0.4, 0.5) is 5.82 Å². The highest BCUT2D eigenvalue weighted by molar-refractivity contribution is 7.92. The molecule has 0 radical (unpaired) electrons. The average Bonchev–Trinajstić information content (AvgIpc) is 2.96. The number of rotatable bonds is 8. The van der Waals surface area contributed by atoms with Crippen LogP contribution in [0, 0.1) is 0 Å². The van der Waals surface area contributed by atoms with E-state index in [0.717, 1.165) is 10.9 Å². The first-order valence-electron chi connectivity index (χ1n) is 11.5. The van der Waals surface area contributed by atoms with Crippen molar-refractivity contribution in [2.45, 2.75) is 11.4 Å². The van der Waals surface area contributed by atoms with Crippen molar-refractivity contribution in [1.29, 1.82) is 0 Å². The zero-order valence-corrected chi connectivity index (χ0v) is 22.1. The number of anilines is 1. The molecule has 8 nitrogen and oxygen atoms in total. The van der Waals surface area contributed by atoms with E-state index in [0.29, 0.717) is 33.2 Å². The minimum absolute atomic E-state index is 0.0721. The first-order chi connectivity index (χ1) is 18.4. The molecule has 0 saturated carbocycles. The number of nitrogens with zero attached hydrogens (tertiary/aromatic N) is 4. The molecule has 0 saturated heterocycles. The number of fused-ring (bicyclic) bond motifs is 1. The van der Waals surface area contributed by atoms with Gasteiger partial charge in [-0.15, -0.1) is 0 Å². The van der Waals surface area contributed by atoms with E-state index in [-0.39, 0.29) is 17.3 Å². The van der Waals surface area contributed by atoms with Gasteiger partial charge in [-0.05, 0) is 59.5 Å². The summed E-state index contributed by atoms with van der Waals surface area (Å²) in [6.07, 6.45) is 4.46. The highest BCUT2D eigenvalue weighted by Crippen LogP contribution is 2.36. The molecule has 0 spiro atoms. The summed E-state index contributed by atoms with van der Waals surface area (Å²) in [5.41, 5.74) is 2.12. The first-order valence-corrected chi connectivity index (χ1v) is 13.4. The molecule has 2 heterocycles. The quantitative estimate of drug-likeness (QED) is 0.244. The van der Waals surface area contributed by atoms with E-state index in [1.807, 2.05) is 12.1 Å². The molecule has 0 aliphatic rings. The number of pyridine rings is 1. The number of aromatic nitrogens is 3. The van der Waals surface area contributed by atoms with Crippen molar-refractivity contribution in [2.75, 3.05) is 18.5 Å². The molecule has 0 fully saturated rings. The van der Waals surface area contributed by atoms with Crippen LogP contribution in [0.25, 0.3) is 22.0 Å². The normalized spacial score (nSPS) is 11.3. The predicted molar refractivity (Wildman–Crippen MR) is 147 cm³/mol. The highest BCUT2D eigenvalue weighted by atomic mass is 35.5. The molecule has 0 aliphatic carbocycles. The lowest BCUT2D eigenvalue weighted by Gasteiger charge is -2.24. The Morgan fingerprint density at radius 2 is 1.68 bits per heavy atom. The van der Waals surface area contributed by atoms with E-state index in [2.05, 4.69) is 15.0 Å². The Labute approximate surface area is 225 Å². The molecular weight excluding hydrogens is 524 g/mol. The van der Waals surface area contributed by atoms with Gasteiger partial charge < -0.3 is 9.47 Å². The van der Waals surface area contributed by atoms with E-state index in [1.165, 1.54) is 16.8 Å². The van der Waals surface area contributed by atoms with Crippen LogP contribution in [0.3, 0.4) is 0 Å². The largest absolute Gasteiger partial charge is 0.497 e. The van der Waals surface area contributed by atoms with Crippen molar-refractivity contribution in [3.63, 3.8) is 0 Å². The second kappa shape index (κ2) is 10.6. The predicted octanol–water partition coefficient (Wildman–Crippen LogP) is 5.76. The van der Waals surface area contributed by atoms with Gasteiger partial charge in [0.2, 0.25) is 0 Å². The number of hydrogen-bond donors (Lipinski definition) is 0. The molecule has 10 heteroatoms. The summed E-state index contributed by atoms with van der Waals surface area (Å²) in [6.45, 7) is 0.0721. The molecule has 0 amide bonds. The number of methoxy groups -OCH3 is 2. The van der Waals surface area contributed by atoms with Crippen molar-refractivity contribution in [3.05, 3.63) is 102 Å². The molecule has 0 bridgehead atoms. The molecule has 38 heavy (non-hydrogen) atoms. The Kier molecular flexibility index (Phi) is 7.13. The topological polar surface area (TPSA) is 94.5 Å². The summed E-state index contributed by atoms with van der Waals surface area (Å²) >= 11 is 6.25. The molecule has 5 aromatic rings. The van der Waals surface area contributed by atoms with Crippen LogP contribution in [-0.4, -0.2) is 37.6 Å². The van der Waals surface area contributed by atoms with Gasteiger partial charge in [0.25, 0.3) is 10.0 Å². The molecule has 0 atom stereocenters. The van der Waals surface area contributed by atoms with Crippen LogP contribution in [0.2, 0.25) is 5.02 Å². The van der Waals surface area contributed by atoms with E-state index >= 15 is 0 Å². The average molecular weight is 547 g/mol. The second-order valence-electron chi connectivity index (χ2n) is 8.31. The summed E-state index contributed by atoms with van der Waals surface area (Å²) < 4.78 is 40.0. The van der Waals surface area contributed by atoms with Gasteiger partial charge in [-0.1, -0.05) is 29.8 Å². The van der Waals surface area contributed by atoms with Crippen molar-refractivity contribution in [1.82, 2.24) is 15.0 Å². The van der Waals surface area contributed by atoms with Crippen LogP contribution in [0.1, 0.15) is 5.56 Å². The molecule has 2 aromatic heterocycles. The smallest absolute Gasteiger partial charge is 0.265 e. The number of halogens is 1. The summed E-state index contributed by atoms with van der Waals surface area (Å²) in [5, 5.41) is 2.00. The van der Waals surface area contributed by atoms with Crippen molar-refractivity contribution >= 4 is 38.2 Å². The lowest BCUT2D eigenvalue weighted by atomic mass is 10.0. The fourth-order valence-electron chi connectivity index (χ4n) is 4.14. The number of hydrogen-bond acceptors (Lipinski definition) is 7. The van der Waals surface area contributed by atoms with E-state index in [9.17, 15) is 8.42 Å². The Balaban J connectivity index is 1.59. The molecule has 3 aromatic carbocycles. The Bertz CT molecular complexity index is 1700. The third-order valence-electron chi connectivity index (χ3n) is 6.05. The monoisotopic (exact) mass is 546 g/mol. The van der Waals surface area contributed by atoms with Gasteiger partial charge in [0, 0.05) is 34.4 Å².